The zero-order valence-electron chi connectivity index (χ0n) is 9.95. The quantitative estimate of drug-likeness (QED) is 0.571. The zero-order valence-corrected chi connectivity index (χ0v) is 11.4. The van der Waals surface area contributed by atoms with Gasteiger partial charge in [0.1, 0.15) is 0 Å². The molecule has 2 atom stereocenters. The van der Waals surface area contributed by atoms with Crippen LogP contribution in [0.2, 0.25) is 0 Å². The molecule has 0 aromatic carbocycles. The van der Waals surface area contributed by atoms with Crippen molar-refractivity contribution in [2.75, 3.05) is 0 Å². The molecular formula is C10H20O5V. The molecule has 0 spiro atoms. The van der Waals surface area contributed by atoms with Crippen LogP contribution in [0, 0.1) is 0 Å². The molecule has 2 unspecified atom stereocenters. The van der Waals surface area contributed by atoms with Crippen LogP contribution in [0.4, 0.5) is 0 Å². The predicted octanol–water partition coefficient (Wildman–Crippen LogP) is 1.54. The number of aliphatic hydroxyl groups excluding tert-OH is 4. The maximum absolute atomic E-state index is 8.49. The van der Waals surface area contributed by atoms with Crippen molar-refractivity contribution in [2.45, 2.75) is 39.9 Å². The molecule has 0 radical (unpaired) electrons. The molecule has 0 aliphatic rings. The van der Waals surface area contributed by atoms with Gasteiger partial charge < -0.3 is 20.4 Å². The predicted molar refractivity (Wildman–Crippen MR) is 56.8 cm³/mol. The summed E-state index contributed by atoms with van der Waals surface area (Å²) in [4.78, 5) is 0. The Morgan fingerprint density at radius 1 is 0.938 bits per heavy atom. The Labute approximate surface area is 105 Å². The molecule has 95 valence electrons. The molecule has 0 aromatic rings. The van der Waals surface area contributed by atoms with E-state index < -0.39 is 12.2 Å². The van der Waals surface area contributed by atoms with Crippen LogP contribution in [0.15, 0.2) is 23.7 Å². The van der Waals surface area contributed by atoms with Crippen molar-refractivity contribution in [3.05, 3.63) is 23.7 Å². The van der Waals surface area contributed by atoms with Gasteiger partial charge in [-0.05, 0) is 39.8 Å². The van der Waals surface area contributed by atoms with Crippen LogP contribution < -0.4 is 0 Å². The third-order valence-electron chi connectivity index (χ3n) is 0.965. The second-order valence-electron chi connectivity index (χ2n) is 3.10. The van der Waals surface area contributed by atoms with E-state index in [0.29, 0.717) is 0 Å². The number of hydrogen-bond donors (Lipinski definition) is 4. The van der Waals surface area contributed by atoms with Crippen LogP contribution in [0.5, 0.6) is 0 Å². The Kier molecular flexibility index (Phi) is 18.7. The van der Waals surface area contributed by atoms with Crippen molar-refractivity contribution < 1.29 is 41.5 Å². The average Bonchev–Trinajstić information content (AvgIpc) is 2.03. The van der Waals surface area contributed by atoms with Gasteiger partial charge in [0.2, 0.25) is 0 Å². The second-order valence-corrected chi connectivity index (χ2v) is 3.10. The Morgan fingerprint density at radius 2 is 1.12 bits per heavy atom. The van der Waals surface area contributed by atoms with Gasteiger partial charge in [-0.3, -0.25) is 0 Å². The fourth-order valence-electron chi connectivity index (χ4n) is 0.698. The Balaban J connectivity index is -0.000000183. The molecule has 6 heteroatoms. The molecule has 0 heterocycles. The van der Waals surface area contributed by atoms with Gasteiger partial charge in [0.05, 0.1) is 23.7 Å². The first kappa shape index (κ1) is 20.8. The number of hydrogen-bond acceptors (Lipinski definition) is 5. The van der Waals surface area contributed by atoms with Gasteiger partial charge >= 0.3 is 21.0 Å². The fraction of sp³-hybridized carbons (Fsp3) is 0.600. The van der Waals surface area contributed by atoms with E-state index >= 15 is 0 Å². The summed E-state index contributed by atoms with van der Waals surface area (Å²) in [6.45, 7) is 6.21. The molecule has 0 aliphatic heterocycles. The van der Waals surface area contributed by atoms with E-state index in [1.54, 1.807) is 13.8 Å². The van der Waals surface area contributed by atoms with Gasteiger partial charge in [0.15, 0.2) is 0 Å². The fourth-order valence-corrected chi connectivity index (χ4v) is 0.698. The van der Waals surface area contributed by atoms with Gasteiger partial charge in [-0.1, -0.05) is 0 Å². The number of rotatable bonds is 2. The van der Waals surface area contributed by atoms with E-state index in [1.165, 1.54) is 26.0 Å². The van der Waals surface area contributed by atoms with Crippen LogP contribution in [0.25, 0.3) is 0 Å². The first-order chi connectivity index (χ1) is 7.25. The minimum atomic E-state index is -0.537. The summed E-state index contributed by atoms with van der Waals surface area (Å²) in [7, 11) is 0. The van der Waals surface area contributed by atoms with E-state index in [2.05, 4.69) is 0 Å². The normalized spacial score (nSPS) is 14.8. The molecule has 16 heavy (non-hydrogen) atoms. The van der Waals surface area contributed by atoms with Gasteiger partial charge in [0, 0.05) is 0 Å². The van der Waals surface area contributed by atoms with Crippen molar-refractivity contribution in [3.8, 4) is 0 Å². The number of aliphatic hydroxyl groups is 4. The Morgan fingerprint density at radius 3 is 1.12 bits per heavy atom. The van der Waals surface area contributed by atoms with Crippen molar-refractivity contribution in [1.29, 1.82) is 0 Å². The van der Waals surface area contributed by atoms with Gasteiger partial charge in [0.25, 0.3) is 0 Å². The van der Waals surface area contributed by atoms with Crippen LogP contribution in [-0.4, -0.2) is 32.6 Å². The topological polar surface area (TPSA) is 98.0 Å². The zero-order chi connectivity index (χ0) is 13.7. The molecule has 0 saturated carbocycles. The molecule has 0 aliphatic carbocycles. The standard InChI is InChI=1S/2C5H10O2.O.V/c2*1-4(6)3-5(2)7;;/h2*3-4,6-7H,1-2H3;;. The summed E-state index contributed by atoms with van der Waals surface area (Å²) in [5.41, 5.74) is 0. The Bertz CT molecular complexity index is 181. The molecule has 0 fully saturated rings. The molecule has 0 bridgehead atoms. The molecule has 0 rings (SSSR count). The van der Waals surface area contributed by atoms with Crippen LogP contribution in [0.3, 0.4) is 0 Å². The van der Waals surface area contributed by atoms with E-state index in [-0.39, 0.29) is 11.5 Å². The average molecular weight is 271 g/mol. The van der Waals surface area contributed by atoms with Gasteiger partial charge in [-0.25, -0.2) is 0 Å². The summed E-state index contributed by atoms with van der Waals surface area (Å²) in [6.07, 6.45) is 1.65. The second kappa shape index (κ2) is 14.4. The van der Waals surface area contributed by atoms with Crippen molar-refractivity contribution in [3.63, 3.8) is 0 Å². The van der Waals surface area contributed by atoms with Crippen LogP contribution >= 0.6 is 0 Å². The van der Waals surface area contributed by atoms with Gasteiger partial charge in [-0.2, -0.15) is 0 Å². The van der Waals surface area contributed by atoms with Crippen LogP contribution in [0.1, 0.15) is 27.7 Å². The number of allylic oxidation sites excluding steroid dienone is 2. The molecule has 0 aromatic heterocycles. The SMILES string of the molecule is CC(O)=CC(C)O.CC(O)=CC(C)O.[O]=[V]. The summed E-state index contributed by atoms with van der Waals surface area (Å²) in [5, 5.41) is 33.8. The minimum absolute atomic E-state index is 0.162. The summed E-state index contributed by atoms with van der Waals surface area (Å²) in [5.74, 6) is 0.324. The molecule has 0 saturated heterocycles. The maximum atomic E-state index is 8.49. The van der Waals surface area contributed by atoms with E-state index in [9.17, 15) is 0 Å². The molecule has 4 N–H and O–H groups in total. The molecular weight excluding hydrogens is 251 g/mol. The van der Waals surface area contributed by atoms with Gasteiger partial charge in [-0.15, -0.1) is 0 Å². The molecule has 5 nitrogen and oxygen atoms in total. The first-order valence-electron chi connectivity index (χ1n) is 4.54. The summed E-state index contributed by atoms with van der Waals surface area (Å²) < 4.78 is 8.19. The summed E-state index contributed by atoms with van der Waals surface area (Å²) in [6, 6.07) is 0. The monoisotopic (exact) mass is 271 g/mol. The molecule has 0 amide bonds. The third kappa shape index (κ3) is 37.6. The summed E-state index contributed by atoms with van der Waals surface area (Å²) >= 11 is 1.06. The van der Waals surface area contributed by atoms with Crippen LogP contribution in [-0.2, 0) is 21.0 Å². The van der Waals surface area contributed by atoms with Crippen molar-refractivity contribution >= 4 is 0 Å². The van der Waals surface area contributed by atoms with E-state index in [4.69, 9.17) is 24.1 Å². The first-order valence-corrected chi connectivity index (χ1v) is 5.12. The Hall–Kier alpha value is -0.616. The third-order valence-corrected chi connectivity index (χ3v) is 0.965. The van der Waals surface area contributed by atoms with E-state index in [0.717, 1.165) is 17.4 Å². The van der Waals surface area contributed by atoms with Crippen molar-refractivity contribution in [2.24, 2.45) is 0 Å². The van der Waals surface area contributed by atoms with E-state index in [1.807, 2.05) is 0 Å². The van der Waals surface area contributed by atoms with Crippen molar-refractivity contribution in [1.82, 2.24) is 0 Å².